The summed E-state index contributed by atoms with van der Waals surface area (Å²) in [5.74, 6) is 0.781. The van der Waals surface area contributed by atoms with E-state index in [4.69, 9.17) is 4.42 Å². The van der Waals surface area contributed by atoms with Crippen molar-refractivity contribution in [2.24, 2.45) is 5.10 Å². The molecule has 0 aromatic carbocycles. The quantitative estimate of drug-likeness (QED) is 0.676. The van der Waals surface area contributed by atoms with Crippen LogP contribution in [0.25, 0.3) is 0 Å². The zero-order chi connectivity index (χ0) is 21.6. The molecule has 31 heavy (non-hydrogen) atoms. The molecule has 0 radical (unpaired) electrons. The number of carbonyl (C=O) groups excluding carboxylic acids is 2. The molecule has 2 aromatic rings. The zero-order valence-corrected chi connectivity index (χ0v) is 18.6. The van der Waals surface area contributed by atoms with Crippen LogP contribution in [-0.2, 0) is 9.59 Å². The van der Waals surface area contributed by atoms with Crippen molar-refractivity contribution in [1.82, 2.24) is 20.1 Å². The van der Waals surface area contributed by atoms with Crippen molar-refractivity contribution in [3.05, 3.63) is 46.5 Å². The molecule has 0 spiro atoms. The highest BCUT2D eigenvalue weighted by Gasteiger charge is 2.35. The van der Waals surface area contributed by atoms with Gasteiger partial charge < -0.3 is 9.73 Å². The maximum atomic E-state index is 13.2. The third kappa shape index (κ3) is 5.41. The molecule has 1 unspecified atom stereocenters. The van der Waals surface area contributed by atoms with Crippen molar-refractivity contribution in [3.8, 4) is 0 Å². The Morgan fingerprint density at radius 3 is 2.58 bits per heavy atom. The van der Waals surface area contributed by atoms with E-state index in [1.54, 1.807) is 22.6 Å². The molecule has 8 nitrogen and oxygen atoms in total. The van der Waals surface area contributed by atoms with Crippen LogP contribution >= 0.6 is 11.3 Å². The Morgan fingerprint density at radius 1 is 1.16 bits per heavy atom. The minimum absolute atomic E-state index is 0.00547. The second kappa shape index (κ2) is 10.2. The highest BCUT2D eigenvalue weighted by Crippen LogP contribution is 2.35. The van der Waals surface area contributed by atoms with Crippen LogP contribution in [0, 0.1) is 0 Å². The maximum absolute atomic E-state index is 13.2. The van der Waals surface area contributed by atoms with E-state index < -0.39 is 0 Å². The number of piperazine rings is 1. The average Bonchev–Trinajstić information content (AvgIpc) is 3.54. The van der Waals surface area contributed by atoms with Gasteiger partial charge in [-0.3, -0.25) is 19.4 Å². The molecule has 4 heterocycles. The Labute approximate surface area is 186 Å². The molecular formula is C22H29N5O3S. The third-order valence-corrected chi connectivity index (χ3v) is 6.58. The second-order valence-corrected chi connectivity index (χ2v) is 8.88. The maximum Gasteiger partial charge on any atom is 0.257 e. The summed E-state index contributed by atoms with van der Waals surface area (Å²) in [4.78, 5) is 30.5. The number of nitrogens with zero attached hydrogens (tertiary/aromatic N) is 4. The van der Waals surface area contributed by atoms with Gasteiger partial charge in [-0.2, -0.15) is 5.10 Å². The van der Waals surface area contributed by atoms with Crippen molar-refractivity contribution in [2.45, 2.75) is 25.8 Å². The van der Waals surface area contributed by atoms with E-state index in [0.717, 1.165) is 49.7 Å². The van der Waals surface area contributed by atoms with Crippen LogP contribution in [0.1, 0.15) is 36.4 Å². The summed E-state index contributed by atoms with van der Waals surface area (Å²) in [6, 6.07) is 7.69. The Balaban J connectivity index is 1.34. The predicted octanol–water partition coefficient (Wildman–Crippen LogP) is 2.16. The monoisotopic (exact) mass is 443 g/mol. The lowest BCUT2D eigenvalue weighted by Crippen LogP contribution is -2.51. The van der Waals surface area contributed by atoms with Crippen LogP contribution in [0.4, 0.5) is 0 Å². The van der Waals surface area contributed by atoms with Crippen molar-refractivity contribution in [3.63, 3.8) is 0 Å². The van der Waals surface area contributed by atoms with E-state index in [1.807, 2.05) is 30.5 Å². The van der Waals surface area contributed by atoms with E-state index in [-0.39, 0.29) is 17.9 Å². The summed E-state index contributed by atoms with van der Waals surface area (Å²) in [7, 11) is 0. The molecule has 2 aromatic heterocycles. The summed E-state index contributed by atoms with van der Waals surface area (Å²) < 4.78 is 5.52. The molecular weight excluding hydrogens is 414 g/mol. The number of hydrogen-bond acceptors (Lipinski definition) is 7. The van der Waals surface area contributed by atoms with E-state index in [0.29, 0.717) is 25.3 Å². The zero-order valence-electron chi connectivity index (χ0n) is 17.8. The topological polar surface area (TPSA) is 81.4 Å². The standard InChI is InChI=1S/C22H29N5O3S/c1-2-7-23-21(28)15-25-8-10-26(11-9-25)16-22(29)27-18(20-6-4-13-31-20)14-17(24-27)19-5-3-12-30-19/h3-6,12-13,18H,2,7-11,14-16H2,1H3,(H,23,28). The molecule has 4 rings (SSSR count). The fourth-order valence-corrected chi connectivity index (χ4v) is 4.74. The molecule has 2 aliphatic rings. The Bertz CT molecular complexity index is 888. The normalized spacial score (nSPS) is 20.1. The predicted molar refractivity (Wildman–Crippen MR) is 120 cm³/mol. The fourth-order valence-electron chi connectivity index (χ4n) is 3.93. The highest BCUT2D eigenvalue weighted by atomic mass is 32.1. The molecule has 2 amide bonds. The van der Waals surface area contributed by atoms with Gasteiger partial charge in [0.05, 0.1) is 25.4 Å². The Hall–Kier alpha value is -2.49. The first-order chi connectivity index (χ1) is 15.1. The second-order valence-electron chi connectivity index (χ2n) is 7.90. The first kappa shape index (κ1) is 21.7. The van der Waals surface area contributed by atoms with Gasteiger partial charge in [0, 0.05) is 44.0 Å². The number of thiophene rings is 1. The van der Waals surface area contributed by atoms with Crippen LogP contribution in [0.5, 0.6) is 0 Å². The van der Waals surface area contributed by atoms with Gasteiger partial charge in [-0.15, -0.1) is 11.3 Å². The van der Waals surface area contributed by atoms with Crippen molar-refractivity contribution in [1.29, 1.82) is 0 Å². The van der Waals surface area contributed by atoms with Gasteiger partial charge in [0.25, 0.3) is 5.91 Å². The molecule has 1 N–H and O–H groups in total. The molecule has 166 valence electrons. The summed E-state index contributed by atoms with van der Waals surface area (Å²) in [6.45, 7) is 6.59. The largest absolute Gasteiger partial charge is 0.463 e. The number of amides is 2. The first-order valence-corrected chi connectivity index (χ1v) is 11.7. The molecule has 2 aliphatic heterocycles. The van der Waals surface area contributed by atoms with Gasteiger partial charge in [-0.1, -0.05) is 13.0 Å². The van der Waals surface area contributed by atoms with Crippen LogP contribution < -0.4 is 5.32 Å². The van der Waals surface area contributed by atoms with Crippen LogP contribution in [-0.4, -0.2) is 78.1 Å². The number of furan rings is 1. The lowest BCUT2D eigenvalue weighted by Gasteiger charge is -2.34. The molecule has 1 fully saturated rings. The molecule has 0 aliphatic carbocycles. The van der Waals surface area contributed by atoms with Crippen LogP contribution in [0.3, 0.4) is 0 Å². The van der Waals surface area contributed by atoms with Gasteiger partial charge in [-0.25, -0.2) is 5.01 Å². The number of hydrazone groups is 1. The Morgan fingerprint density at radius 2 is 1.94 bits per heavy atom. The average molecular weight is 444 g/mol. The molecule has 1 atom stereocenters. The minimum atomic E-state index is -0.0869. The number of rotatable bonds is 8. The van der Waals surface area contributed by atoms with Gasteiger partial charge in [0.15, 0.2) is 0 Å². The van der Waals surface area contributed by atoms with Gasteiger partial charge in [0.1, 0.15) is 11.5 Å². The lowest BCUT2D eigenvalue weighted by molar-refractivity contribution is -0.135. The van der Waals surface area contributed by atoms with E-state index in [1.165, 1.54) is 0 Å². The summed E-state index contributed by atoms with van der Waals surface area (Å²) >= 11 is 1.64. The van der Waals surface area contributed by atoms with Gasteiger partial charge in [0.2, 0.25) is 5.91 Å². The molecule has 0 saturated carbocycles. The fraction of sp³-hybridized carbons (Fsp3) is 0.500. The first-order valence-electron chi connectivity index (χ1n) is 10.8. The smallest absolute Gasteiger partial charge is 0.257 e. The van der Waals surface area contributed by atoms with Crippen LogP contribution in [0.2, 0.25) is 0 Å². The lowest BCUT2D eigenvalue weighted by atomic mass is 10.1. The highest BCUT2D eigenvalue weighted by molar-refractivity contribution is 7.10. The Kier molecular flexibility index (Phi) is 7.16. The summed E-state index contributed by atoms with van der Waals surface area (Å²) in [5.41, 5.74) is 0.805. The molecule has 9 heteroatoms. The number of hydrogen-bond donors (Lipinski definition) is 1. The van der Waals surface area contributed by atoms with Crippen molar-refractivity contribution < 1.29 is 14.0 Å². The van der Waals surface area contributed by atoms with E-state index in [2.05, 4.69) is 26.3 Å². The summed E-state index contributed by atoms with van der Waals surface area (Å²) in [6.07, 6.45) is 3.22. The summed E-state index contributed by atoms with van der Waals surface area (Å²) in [5, 5.41) is 11.2. The third-order valence-electron chi connectivity index (χ3n) is 5.61. The van der Waals surface area contributed by atoms with Crippen molar-refractivity contribution in [2.75, 3.05) is 45.8 Å². The SMILES string of the molecule is CCCNC(=O)CN1CCN(CC(=O)N2N=C(c3ccco3)CC2c2cccs2)CC1. The van der Waals surface area contributed by atoms with Gasteiger partial charge >= 0.3 is 0 Å². The molecule has 0 bridgehead atoms. The molecule has 1 saturated heterocycles. The minimum Gasteiger partial charge on any atom is -0.463 e. The van der Waals surface area contributed by atoms with E-state index in [9.17, 15) is 9.59 Å². The number of carbonyl (C=O) groups is 2. The van der Waals surface area contributed by atoms with Crippen molar-refractivity contribution >= 4 is 28.9 Å². The van der Waals surface area contributed by atoms with Gasteiger partial charge in [-0.05, 0) is 30.0 Å². The van der Waals surface area contributed by atoms with Crippen LogP contribution in [0.15, 0.2) is 45.4 Å². The number of nitrogens with one attached hydrogen (secondary N) is 1. The van der Waals surface area contributed by atoms with E-state index >= 15 is 0 Å².